The maximum Gasteiger partial charge on any atom is 0.313 e. The van der Waals surface area contributed by atoms with Crippen molar-refractivity contribution in [1.82, 2.24) is 20.5 Å². The van der Waals surface area contributed by atoms with Crippen LogP contribution in [0.2, 0.25) is 0 Å². The molecule has 0 aliphatic rings. The minimum atomic E-state index is -0.615. The van der Waals surface area contributed by atoms with E-state index in [0.717, 1.165) is 16.7 Å². The Morgan fingerprint density at radius 1 is 1.06 bits per heavy atom. The molecule has 9 nitrogen and oxygen atoms in total. The van der Waals surface area contributed by atoms with Crippen molar-refractivity contribution >= 4 is 11.9 Å². The average Bonchev–Trinajstić information content (AvgIpc) is 3.23. The van der Waals surface area contributed by atoms with Gasteiger partial charge in [-0.25, -0.2) is 4.98 Å². The van der Waals surface area contributed by atoms with E-state index in [4.69, 9.17) is 13.9 Å². The van der Waals surface area contributed by atoms with Crippen LogP contribution in [0.5, 0.6) is 11.5 Å². The highest BCUT2D eigenvalue weighted by Gasteiger charge is 2.25. The number of amides is 1. The number of carbonyl (C=O) groups is 2. The second kappa shape index (κ2) is 9.59. The van der Waals surface area contributed by atoms with E-state index in [1.807, 2.05) is 26.0 Å². The van der Waals surface area contributed by atoms with Gasteiger partial charge in [0, 0.05) is 17.8 Å². The minimum Gasteiger partial charge on any atom is -0.493 e. The molecule has 0 bridgehead atoms. The number of hydrogen-bond donors (Lipinski definition) is 1. The molecule has 0 fully saturated rings. The summed E-state index contributed by atoms with van der Waals surface area (Å²) in [5.74, 6) is -0.698. The number of nitrogens with zero attached hydrogens (tertiary/aromatic N) is 3. The molecule has 32 heavy (non-hydrogen) atoms. The first-order valence-corrected chi connectivity index (χ1v) is 10.2. The zero-order valence-electron chi connectivity index (χ0n) is 18.9. The summed E-state index contributed by atoms with van der Waals surface area (Å²) in [7, 11) is 1.42. The number of hydrogen-bond acceptors (Lipinski definition) is 8. The summed E-state index contributed by atoms with van der Waals surface area (Å²) in [5, 5.41) is 10.9. The van der Waals surface area contributed by atoms with Gasteiger partial charge in [-0.1, -0.05) is 31.0 Å². The summed E-state index contributed by atoms with van der Waals surface area (Å²) in [5.41, 5.74) is 2.87. The van der Waals surface area contributed by atoms with Crippen LogP contribution >= 0.6 is 0 Å². The molecule has 3 aromatic rings. The second-order valence-corrected chi connectivity index (χ2v) is 7.78. The van der Waals surface area contributed by atoms with Crippen molar-refractivity contribution in [3.05, 3.63) is 53.2 Å². The Bertz CT molecular complexity index is 1120. The number of rotatable bonds is 7. The van der Waals surface area contributed by atoms with E-state index in [1.165, 1.54) is 19.4 Å². The number of nitrogens with one attached hydrogen (secondary N) is 1. The fourth-order valence-corrected chi connectivity index (χ4v) is 3.02. The lowest BCUT2D eigenvalue weighted by molar-refractivity contribution is -0.137. The molecule has 0 aliphatic heterocycles. The lowest BCUT2D eigenvalue weighted by Gasteiger charge is -2.15. The number of ether oxygens (including phenoxy) is 2. The fourth-order valence-electron chi connectivity index (χ4n) is 3.02. The molecule has 0 saturated heterocycles. The van der Waals surface area contributed by atoms with Crippen LogP contribution in [0.4, 0.5) is 0 Å². The maximum absolute atomic E-state index is 12.9. The molecule has 1 aromatic carbocycles. The summed E-state index contributed by atoms with van der Waals surface area (Å²) in [6.07, 6.45) is 1.40. The smallest absolute Gasteiger partial charge is 0.313 e. The van der Waals surface area contributed by atoms with Gasteiger partial charge in [-0.3, -0.25) is 9.59 Å². The lowest BCUT2D eigenvalue weighted by Crippen LogP contribution is -2.29. The average molecular weight is 438 g/mol. The van der Waals surface area contributed by atoms with E-state index in [0.29, 0.717) is 5.89 Å². The van der Waals surface area contributed by atoms with Gasteiger partial charge in [0.15, 0.2) is 11.4 Å². The zero-order chi connectivity index (χ0) is 23.4. The summed E-state index contributed by atoms with van der Waals surface area (Å²) in [6.45, 7) is 9.06. The summed E-state index contributed by atoms with van der Waals surface area (Å²) in [4.78, 5) is 29.1. The zero-order valence-corrected chi connectivity index (χ0v) is 18.9. The van der Waals surface area contributed by atoms with Gasteiger partial charge in [0.2, 0.25) is 17.5 Å². The first-order chi connectivity index (χ1) is 15.2. The van der Waals surface area contributed by atoms with Gasteiger partial charge in [-0.15, -0.1) is 10.2 Å². The number of benzene rings is 1. The Kier molecular flexibility index (Phi) is 6.87. The van der Waals surface area contributed by atoms with Gasteiger partial charge in [0.05, 0.1) is 13.0 Å². The fraction of sp³-hybridized carbons (Fsp3) is 0.348. The van der Waals surface area contributed by atoms with Crippen molar-refractivity contribution in [2.75, 3.05) is 7.11 Å². The third-order valence-corrected chi connectivity index (χ3v) is 4.60. The number of carbonyl (C=O) groups excluding carboxylic acids is 2. The maximum atomic E-state index is 12.9. The van der Waals surface area contributed by atoms with Crippen LogP contribution in [0, 0.1) is 19.8 Å². The number of esters is 1. The monoisotopic (exact) mass is 438 g/mol. The van der Waals surface area contributed by atoms with Gasteiger partial charge in [0.1, 0.15) is 6.04 Å². The molecule has 2 aromatic heterocycles. The molecule has 0 saturated carbocycles. The van der Waals surface area contributed by atoms with E-state index >= 15 is 0 Å². The first kappa shape index (κ1) is 22.9. The van der Waals surface area contributed by atoms with Crippen molar-refractivity contribution < 1.29 is 23.5 Å². The molecule has 1 atom stereocenters. The number of aryl methyl sites for hydroxylation is 2. The van der Waals surface area contributed by atoms with Crippen molar-refractivity contribution in [2.45, 2.75) is 40.7 Å². The molecular formula is C23H26N4O5. The Morgan fingerprint density at radius 2 is 1.75 bits per heavy atom. The highest BCUT2D eigenvalue weighted by atomic mass is 16.6. The van der Waals surface area contributed by atoms with E-state index in [1.54, 1.807) is 20.8 Å². The summed E-state index contributed by atoms with van der Waals surface area (Å²) in [6, 6.07) is 6.84. The molecule has 9 heteroatoms. The Labute approximate surface area is 186 Å². The van der Waals surface area contributed by atoms with Crippen LogP contribution in [0.15, 0.2) is 34.9 Å². The normalized spacial score (nSPS) is 11.8. The SMILES string of the molecule is COc1ccnc(C(=O)N[C@@H](C)c2nnc(-c3cc(C)cc(C)c3)o2)c1OC(=O)C(C)C. The topological polar surface area (TPSA) is 116 Å². The minimum absolute atomic E-state index is 0.0418. The highest BCUT2D eigenvalue weighted by Crippen LogP contribution is 2.31. The molecular weight excluding hydrogens is 412 g/mol. The van der Waals surface area contributed by atoms with Crippen molar-refractivity contribution in [3.8, 4) is 23.0 Å². The third kappa shape index (κ3) is 5.11. The molecule has 0 spiro atoms. The first-order valence-electron chi connectivity index (χ1n) is 10.2. The lowest BCUT2D eigenvalue weighted by atomic mass is 10.1. The summed E-state index contributed by atoms with van der Waals surface area (Å²) < 4.78 is 16.4. The predicted molar refractivity (Wildman–Crippen MR) is 116 cm³/mol. The van der Waals surface area contributed by atoms with Crippen LogP contribution in [-0.4, -0.2) is 34.2 Å². The number of pyridine rings is 1. The molecule has 0 unspecified atom stereocenters. The van der Waals surface area contributed by atoms with Crippen LogP contribution < -0.4 is 14.8 Å². The molecule has 1 amide bonds. The van der Waals surface area contributed by atoms with Gasteiger partial charge in [0.25, 0.3) is 5.91 Å². The molecule has 168 valence electrons. The Morgan fingerprint density at radius 3 is 2.38 bits per heavy atom. The molecule has 3 rings (SSSR count). The van der Waals surface area contributed by atoms with Gasteiger partial charge < -0.3 is 19.2 Å². The largest absolute Gasteiger partial charge is 0.493 e. The van der Waals surface area contributed by atoms with E-state index in [2.05, 4.69) is 26.6 Å². The molecule has 1 N–H and O–H groups in total. The van der Waals surface area contributed by atoms with E-state index in [-0.39, 0.29) is 23.1 Å². The van der Waals surface area contributed by atoms with Gasteiger partial charge in [-0.05, 0) is 32.9 Å². The highest BCUT2D eigenvalue weighted by molar-refractivity contribution is 5.96. The second-order valence-electron chi connectivity index (χ2n) is 7.78. The van der Waals surface area contributed by atoms with E-state index in [9.17, 15) is 9.59 Å². The predicted octanol–water partition coefficient (Wildman–Crippen LogP) is 3.81. The van der Waals surface area contributed by atoms with Crippen molar-refractivity contribution in [3.63, 3.8) is 0 Å². The van der Waals surface area contributed by atoms with Gasteiger partial charge in [-0.2, -0.15) is 0 Å². The number of methoxy groups -OCH3 is 1. The van der Waals surface area contributed by atoms with Crippen LogP contribution in [0.25, 0.3) is 11.5 Å². The van der Waals surface area contributed by atoms with Crippen molar-refractivity contribution in [2.24, 2.45) is 5.92 Å². The third-order valence-electron chi connectivity index (χ3n) is 4.60. The van der Waals surface area contributed by atoms with Crippen LogP contribution in [-0.2, 0) is 4.79 Å². The van der Waals surface area contributed by atoms with Crippen molar-refractivity contribution in [1.29, 1.82) is 0 Å². The Hall–Kier alpha value is -3.75. The van der Waals surface area contributed by atoms with E-state index < -0.39 is 23.8 Å². The van der Waals surface area contributed by atoms with Gasteiger partial charge >= 0.3 is 5.97 Å². The quantitative estimate of drug-likeness (QED) is 0.554. The molecule has 2 heterocycles. The molecule has 0 aliphatic carbocycles. The molecule has 0 radical (unpaired) electrons. The summed E-state index contributed by atoms with van der Waals surface area (Å²) >= 11 is 0. The standard InChI is InChI=1S/C23H26N4O5/c1-12(2)23(29)31-19-17(30-6)7-8-24-18(19)20(28)25-15(5)21-26-27-22(32-21)16-10-13(3)9-14(4)11-16/h7-12,15H,1-6H3,(H,25,28)/t15-/m0/s1. The van der Waals surface area contributed by atoms with Crippen LogP contribution in [0.1, 0.15) is 54.3 Å². The Balaban J connectivity index is 1.82. The van der Waals surface area contributed by atoms with Crippen LogP contribution in [0.3, 0.4) is 0 Å². The number of aromatic nitrogens is 3.